The summed E-state index contributed by atoms with van der Waals surface area (Å²) in [5, 5.41) is 15.4. The van der Waals surface area contributed by atoms with Gasteiger partial charge in [-0.1, -0.05) is 85.6 Å². The molecular weight excluding hydrogens is 566 g/mol. The van der Waals surface area contributed by atoms with E-state index in [0.717, 1.165) is 52.3 Å². The summed E-state index contributed by atoms with van der Waals surface area (Å²) >= 11 is 7.31. The van der Waals surface area contributed by atoms with Gasteiger partial charge in [-0.15, -0.1) is 0 Å². The summed E-state index contributed by atoms with van der Waals surface area (Å²) in [6.07, 6.45) is 2.98. The molecule has 2 N–H and O–H groups in total. The molecule has 0 fully saturated rings. The molecule has 0 bridgehead atoms. The second kappa shape index (κ2) is 14.8. The Morgan fingerprint density at radius 2 is 1.70 bits per heavy atom. The second-order valence-electron chi connectivity index (χ2n) is 8.91. The van der Waals surface area contributed by atoms with E-state index in [1.54, 1.807) is 18.2 Å². The van der Waals surface area contributed by atoms with Crippen molar-refractivity contribution >= 4 is 29.1 Å². The van der Waals surface area contributed by atoms with E-state index < -0.39 is 5.97 Å². The Labute approximate surface area is 288 Å². The van der Waals surface area contributed by atoms with Gasteiger partial charge in [0.05, 0.1) is 16.4 Å². The molecule has 196 valence electrons. The summed E-state index contributed by atoms with van der Waals surface area (Å²) in [6.45, 7) is 2.10. The van der Waals surface area contributed by atoms with Crippen molar-refractivity contribution in [2.45, 2.75) is 32.6 Å². The van der Waals surface area contributed by atoms with Crippen LogP contribution < -0.4 is 64.0 Å². The van der Waals surface area contributed by atoms with E-state index in [-0.39, 0.29) is 72.5 Å². The zero-order valence-corrected chi connectivity index (χ0v) is 28.2. The van der Waals surface area contributed by atoms with Crippen LogP contribution in [0.25, 0.3) is 28.2 Å². The Balaban J connectivity index is 0.00000220. The number of hydrogen-bond donors (Lipinski definition) is 2. The summed E-state index contributed by atoms with van der Waals surface area (Å²) in [5.41, 5.74) is 5.86. The van der Waals surface area contributed by atoms with Crippen LogP contribution in [0.2, 0.25) is 5.02 Å². The van der Waals surface area contributed by atoms with Crippen molar-refractivity contribution in [1.82, 2.24) is 19.1 Å². The Hall–Kier alpha value is -2.01. The topological polar surface area (TPSA) is 101 Å². The van der Waals surface area contributed by atoms with Crippen molar-refractivity contribution in [3.05, 3.63) is 110 Å². The van der Waals surface area contributed by atoms with E-state index in [0.29, 0.717) is 34.9 Å². The van der Waals surface area contributed by atoms with Gasteiger partial charge in [0.25, 0.3) is 0 Å². The van der Waals surface area contributed by atoms with E-state index >= 15 is 0 Å². The van der Waals surface area contributed by atoms with Crippen molar-refractivity contribution in [2.24, 2.45) is 0 Å². The number of unbranched alkanes of at least 4 members (excludes halogenated alkanes) is 1. The molecule has 0 spiro atoms. The number of carboxylic acids is 1. The predicted octanol–water partition coefficient (Wildman–Crippen LogP) is 0.869. The Morgan fingerprint density at radius 3 is 2.33 bits per heavy atom. The number of benzene rings is 3. The zero-order valence-electron chi connectivity index (χ0n) is 24.6. The summed E-state index contributed by atoms with van der Waals surface area (Å²) < 4.78 is 5.70. The first kappa shape index (κ1) is 32.5. The van der Waals surface area contributed by atoms with E-state index in [4.69, 9.17) is 16.7 Å². The van der Waals surface area contributed by atoms with E-state index in [1.165, 1.54) is 4.68 Å². The van der Waals surface area contributed by atoms with Gasteiger partial charge in [0, 0.05) is 29.1 Å². The van der Waals surface area contributed by atoms with E-state index in [1.807, 2.05) is 54.6 Å². The van der Waals surface area contributed by atoms with Gasteiger partial charge in [-0.05, 0) is 41.7 Å². The number of nitrogens with one attached hydrogen (secondary N) is 1. The monoisotopic (exact) mass is 592 g/mol. The number of carbonyl (C=O) groups is 1. The van der Waals surface area contributed by atoms with Crippen LogP contribution in [0.3, 0.4) is 0 Å². The third-order valence-electron chi connectivity index (χ3n) is 6.39. The number of carboxylic acid groups (broad SMARTS) is 1. The van der Waals surface area contributed by atoms with Crippen molar-refractivity contribution in [3.8, 4) is 28.2 Å². The Kier molecular flexibility index (Phi) is 12.0. The average Bonchev–Trinajstić information content (AvgIpc) is 3.51. The third kappa shape index (κ3) is 7.06. The molecule has 0 unspecified atom stereocenters. The van der Waals surface area contributed by atoms with Gasteiger partial charge in [-0.25, -0.2) is 9.48 Å². The fourth-order valence-corrected chi connectivity index (χ4v) is 5.21. The molecule has 0 aliphatic carbocycles. The van der Waals surface area contributed by atoms with Crippen LogP contribution in [0.15, 0.2) is 77.6 Å². The zero-order chi connectivity index (χ0) is 26.6. The number of para-hydroxylation sites is 1. The Bertz CT molecular complexity index is 1680. The molecule has 40 heavy (non-hydrogen) atoms. The van der Waals surface area contributed by atoms with Crippen molar-refractivity contribution in [2.75, 3.05) is 0 Å². The summed E-state index contributed by atoms with van der Waals surface area (Å²) in [7, 11) is 0. The normalized spacial score (nSPS) is 10.6. The van der Waals surface area contributed by atoms with Crippen LogP contribution in [-0.2, 0) is 12.8 Å². The largest absolute Gasteiger partial charge is 1.00 e. The number of rotatable bonds is 9. The molecule has 5 aromatic rings. The van der Waals surface area contributed by atoms with Crippen molar-refractivity contribution in [3.63, 3.8) is 0 Å². The number of aromatic nitrogens is 4. The quantitative estimate of drug-likeness (QED) is 0.248. The molecule has 0 amide bonds. The van der Waals surface area contributed by atoms with E-state index in [9.17, 15) is 14.7 Å². The summed E-state index contributed by atoms with van der Waals surface area (Å²) in [6, 6.07) is 22.9. The maximum Gasteiger partial charge on any atom is 1.00 e. The predicted molar refractivity (Wildman–Crippen MR) is 153 cm³/mol. The molecule has 2 heterocycles. The van der Waals surface area contributed by atoms with E-state index in [2.05, 4.69) is 16.3 Å². The molecule has 11 heteroatoms. The van der Waals surface area contributed by atoms with Gasteiger partial charge in [-0.3, -0.25) is 9.78 Å². The standard InChI is InChI=1S/C29H25ClN4O3S.2Na.2H/c1-2-3-11-24-22(26(28(35)36)34(32-24)25-12-7-6-10-23(25)30)17-18-13-15-19(16-14-18)20-8-4-5-9-21(20)27-31-29(37)38-33-27;;;;/h4-10,12-16H,2-3,11,17H2,1H3,(H,35,36)(H,31,33,37);;;;/q;2*+1;2*-1. The molecule has 0 atom stereocenters. The molecule has 0 saturated heterocycles. The number of aryl methyl sites for hydroxylation is 1. The number of aromatic amines is 1. The van der Waals surface area contributed by atoms with Crippen molar-refractivity contribution < 1.29 is 71.9 Å². The number of aromatic carboxylic acids is 1. The van der Waals surface area contributed by atoms with Crippen LogP contribution in [0.4, 0.5) is 0 Å². The van der Waals surface area contributed by atoms with Crippen LogP contribution in [0.5, 0.6) is 0 Å². The van der Waals surface area contributed by atoms with Crippen LogP contribution in [0.1, 0.15) is 49.9 Å². The molecular formula is C29H27ClN4Na2O3S. The van der Waals surface area contributed by atoms with Crippen LogP contribution in [0, 0.1) is 0 Å². The number of nitrogens with zero attached hydrogens (tertiary/aromatic N) is 3. The molecule has 2 aromatic heterocycles. The average molecular weight is 593 g/mol. The van der Waals surface area contributed by atoms with Gasteiger partial charge in [0.2, 0.25) is 0 Å². The minimum absolute atomic E-state index is 0. The summed E-state index contributed by atoms with van der Waals surface area (Å²) in [5.74, 6) is -0.503. The summed E-state index contributed by atoms with van der Waals surface area (Å²) in [4.78, 5) is 26.7. The minimum Gasteiger partial charge on any atom is -1.00 e. The van der Waals surface area contributed by atoms with Gasteiger partial charge in [-0.2, -0.15) is 9.47 Å². The van der Waals surface area contributed by atoms with Crippen molar-refractivity contribution in [1.29, 1.82) is 0 Å². The number of hydrogen-bond acceptors (Lipinski definition) is 5. The molecule has 7 nitrogen and oxygen atoms in total. The molecule has 0 aliphatic heterocycles. The van der Waals surface area contributed by atoms with Crippen LogP contribution >= 0.6 is 23.1 Å². The fourth-order valence-electron chi connectivity index (χ4n) is 4.54. The second-order valence-corrected chi connectivity index (χ2v) is 10.1. The van der Waals surface area contributed by atoms with Crippen LogP contribution in [-0.4, -0.2) is 30.2 Å². The minimum atomic E-state index is -1.04. The SMILES string of the molecule is CCCCc1nn(-c2ccccc2Cl)c(C(=O)O)c1Cc1ccc(-c2ccccc2-c2nsc(=O)[nH]2)cc1.[H-].[H-].[Na+].[Na+]. The fraction of sp³-hybridized carbons (Fsp3) is 0.172. The molecule has 0 radical (unpaired) electrons. The first-order chi connectivity index (χ1) is 18.5. The first-order valence-corrected chi connectivity index (χ1v) is 13.4. The Morgan fingerprint density at radius 1 is 1.02 bits per heavy atom. The molecule has 5 rings (SSSR count). The molecule has 3 aromatic carbocycles. The molecule has 0 aliphatic rings. The van der Waals surface area contributed by atoms with Gasteiger partial charge in [0.15, 0.2) is 11.5 Å². The smallest absolute Gasteiger partial charge is 1.00 e. The van der Waals surface area contributed by atoms with Gasteiger partial charge >= 0.3 is 70.0 Å². The number of H-pyrrole nitrogens is 1. The maximum absolute atomic E-state index is 12.5. The molecule has 0 saturated carbocycles. The van der Waals surface area contributed by atoms with Gasteiger partial charge in [0.1, 0.15) is 0 Å². The number of halogens is 1. The van der Waals surface area contributed by atoms with Gasteiger partial charge < -0.3 is 7.96 Å². The third-order valence-corrected chi connectivity index (χ3v) is 7.25. The first-order valence-electron chi connectivity index (χ1n) is 12.3. The maximum atomic E-state index is 12.5.